The smallest absolute Gasteiger partial charge is 0.264 e. The van der Waals surface area contributed by atoms with Gasteiger partial charge in [0.25, 0.3) is 10.0 Å². The Kier molecular flexibility index (Phi) is 11.3. The Bertz CT molecular complexity index is 1490. The Morgan fingerprint density at radius 2 is 1.61 bits per heavy atom. The predicted octanol–water partition coefficient (Wildman–Crippen LogP) is 6.18. The first-order valence-corrected chi connectivity index (χ1v) is 15.4. The molecule has 0 fully saturated rings. The number of carbonyl (C=O) groups excluding carboxylic acids is 2. The average Bonchev–Trinajstić information content (AvgIpc) is 2.96. The molecule has 8 nitrogen and oxygen atoms in total. The van der Waals surface area contributed by atoms with Crippen molar-refractivity contribution in [2.75, 3.05) is 18.0 Å². The number of benzene rings is 3. The zero-order chi connectivity index (χ0) is 30.3. The number of methoxy groups -OCH3 is 1. The van der Waals surface area contributed by atoms with Crippen molar-refractivity contribution >= 4 is 62.3 Å². The van der Waals surface area contributed by atoms with Gasteiger partial charge in [0.2, 0.25) is 11.8 Å². The van der Waals surface area contributed by atoms with E-state index in [-0.39, 0.29) is 39.1 Å². The third-order valence-corrected chi connectivity index (χ3v) is 9.36. The third-order valence-electron chi connectivity index (χ3n) is 6.54. The summed E-state index contributed by atoms with van der Waals surface area (Å²) in [5, 5.41) is 3.68. The topological polar surface area (TPSA) is 96.0 Å². The molecule has 41 heavy (non-hydrogen) atoms. The number of rotatable bonds is 12. The van der Waals surface area contributed by atoms with Crippen molar-refractivity contribution in [1.29, 1.82) is 0 Å². The number of anilines is 1. The molecule has 2 atom stereocenters. The van der Waals surface area contributed by atoms with Crippen LogP contribution < -0.4 is 14.4 Å². The molecule has 3 aromatic rings. The molecule has 0 aliphatic rings. The fourth-order valence-corrected chi connectivity index (χ4v) is 5.94. The predicted molar refractivity (Wildman–Crippen MR) is 163 cm³/mol. The molecule has 3 rings (SSSR count). The molecule has 220 valence electrons. The van der Waals surface area contributed by atoms with Crippen LogP contribution in [0.2, 0.25) is 15.1 Å². The normalized spacial score (nSPS) is 12.8. The highest BCUT2D eigenvalue weighted by molar-refractivity contribution is 7.92. The minimum atomic E-state index is -4.23. The maximum atomic E-state index is 14.0. The van der Waals surface area contributed by atoms with Gasteiger partial charge in [-0.15, -0.1) is 0 Å². The number of nitrogens with zero attached hydrogens (tertiary/aromatic N) is 2. The third kappa shape index (κ3) is 8.07. The van der Waals surface area contributed by atoms with Gasteiger partial charge in [-0.1, -0.05) is 66.0 Å². The molecule has 3 aromatic carbocycles. The Labute approximate surface area is 256 Å². The van der Waals surface area contributed by atoms with E-state index in [1.807, 2.05) is 13.8 Å². The first kappa shape index (κ1) is 32.5. The van der Waals surface area contributed by atoms with Gasteiger partial charge < -0.3 is 15.0 Å². The molecule has 0 bridgehead atoms. The molecule has 0 saturated heterocycles. The highest BCUT2D eigenvalue weighted by Crippen LogP contribution is 2.32. The van der Waals surface area contributed by atoms with E-state index in [1.165, 1.54) is 42.3 Å². The first-order valence-electron chi connectivity index (χ1n) is 12.8. The summed E-state index contributed by atoms with van der Waals surface area (Å²) >= 11 is 18.6. The van der Waals surface area contributed by atoms with Gasteiger partial charge in [-0.3, -0.25) is 13.9 Å². The second-order valence-electron chi connectivity index (χ2n) is 9.41. The number of hydrogen-bond acceptors (Lipinski definition) is 5. The Morgan fingerprint density at radius 3 is 2.20 bits per heavy atom. The van der Waals surface area contributed by atoms with E-state index in [0.717, 1.165) is 4.31 Å². The summed E-state index contributed by atoms with van der Waals surface area (Å²) in [5.74, 6) is -0.651. The molecule has 0 spiro atoms. The lowest BCUT2D eigenvalue weighted by atomic mass is 10.1. The van der Waals surface area contributed by atoms with E-state index in [4.69, 9.17) is 39.5 Å². The van der Waals surface area contributed by atoms with E-state index >= 15 is 0 Å². The van der Waals surface area contributed by atoms with Gasteiger partial charge in [0.05, 0.1) is 32.8 Å². The van der Waals surface area contributed by atoms with Crippen LogP contribution in [0.25, 0.3) is 0 Å². The van der Waals surface area contributed by atoms with Gasteiger partial charge >= 0.3 is 0 Å². The van der Waals surface area contributed by atoms with Gasteiger partial charge in [-0.2, -0.15) is 0 Å². The summed E-state index contributed by atoms with van der Waals surface area (Å²) in [6, 6.07) is 16.0. The summed E-state index contributed by atoms with van der Waals surface area (Å²) in [7, 11) is -2.79. The van der Waals surface area contributed by atoms with Gasteiger partial charge in [-0.25, -0.2) is 8.42 Å². The summed E-state index contributed by atoms with van der Waals surface area (Å²) in [4.78, 5) is 28.4. The number of ether oxygens (including phenoxy) is 1. The first-order chi connectivity index (χ1) is 19.4. The van der Waals surface area contributed by atoms with E-state index in [9.17, 15) is 18.0 Å². The Hall–Kier alpha value is -2.98. The highest BCUT2D eigenvalue weighted by atomic mass is 35.5. The van der Waals surface area contributed by atoms with Crippen LogP contribution >= 0.6 is 34.8 Å². The van der Waals surface area contributed by atoms with Gasteiger partial charge in [0, 0.05) is 12.6 Å². The van der Waals surface area contributed by atoms with E-state index in [1.54, 1.807) is 43.3 Å². The second-order valence-corrected chi connectivity index (χ2v) is 12.5. The SMILES string of the molecule is CC[C@H](C)NC(=O)[C@@H](C)N(Cc1ccc(Cl)c(Cl)c1)C(=O)CN(c1ccc(OC)c(Cl)c1)S(=O)(=O)c1ccccc1. The van der Waals surface area contributed by atoms with Crippen LogP contribution in [0.4, 0.5) is 5.69 Å². The van der Waals surface area contributed by atoms with Crippen LogP contribution in [-0.4, -0.2) is 50.9 Å². The summed E-state index contributed by atoms with van der Waals surface area (Å²) in [6.45, 7) is 4.75. The van der Waals surface area contributed by atoms with Crippen molar-refractivity contribution in [3.05, 3.63) is 87.4 Å². The number of hydrogen-bond donors (Lipinski definition) is 1. The van der Waals surface area contributed by atoms with Crippen LogP contribution in [0, 0.1) is 0 Å². The van der Waals surface area contributed by atoms with Crippen molar-refractivity contribution < 1.29 is 22.7 Å². The van der Waals surface area contributed by atoms with Crippen molar-refractivity contribution in [2.45, 2.75) is 50.7 Å². The standard InChI is InChI=1S/C29H32Cl3N3O5S/c1-5-19(2)33-29(37)20(3)34(17-21-11-13-24(30)25(31)15-21)28(36)18-35(22-12-14-27(40-4)26(32)16-22)41(38,39)23-9-7-6-8-10-23/h6-16,19-20H,5,17-18H2,1-4H3,(H,33,37)/t19-,20+/m0/s1. The number of carbonyl (C=O) groups is 2. The number of sulfonamides is 1. The lowest BCUT2D eigenvalue weighted by molar-refractivity contribution is -0.139. The zero-order valence-corrected chi connectivity index (χ0v) is 26.2. The Balaban J connectivity index is 2.06. The van der Waals surface area contributed by atoms with E-state index in [0.29, 0.717) is 22.8 Å². The van der Waals surface area contributed by atoms with Crippen LogP contribution in [0.5, 0.6) is 5.75 Å². The lowest BCUT2D eigenvalue weighted by Crippen LogP contribution is -2.52. The van der Waals surface area contributed by atoms with Crippen LogP contribution in [-0.2, 0) is 26.2 Å². The molecular weight excluding hydrogens is 609 g/mol. The summed E-state index contributed by atoms with van der Waals surface area (Å²) in [5.41, 5.74) is 0.764. The Morgan fingerprint density at radius 1 is 0.927 bits per heavy atom. The van der Waals surface area contributed by atoms with Crippen LogP contribution in [0.15, 0.2) is 71.6 Å². The molecule has 0 saturated carbocycles. The highest BCUT2D eigenvalue weighted by Gasteiger charge is 2.33. The van der Waals surface area contributed by atoms with E-state index in [2.05, 4.69) is 5.32 Å². The van der Waals surface area contributed by atoms with Gasteiger partial charge in [0.15, 0.2) is 0 Å². The average molecular weight is 641 g/mol. The second kappa shape index (κ2) is 14.3. The molecule has 0 heterocycles. The summed E-state index contributed by atoms with van der Waals surface area (Å²) in [6.07, 6.45) is 0.695. The zero-order valence-electron chi connectivity index (χ0n) is 23.1. The fourth-order valence-electron chi connectivity index (χ4n) is 3.94. The molecule has 0 radical (unpaired) electrons. The molecule has 12 heteroatoms. The lowest BCUT2D eigenvalue weighted by Gasteiger charge is -2.32. The quantitative estimate of drug-likeness (QED) is 0.255. The maximum Gasteiger partial charge on any atom is 0.264 e. The maximum absolute atomic E-state index is 14.0. The largest absolute Gasteiger partial charge is 0.495 e. The van der Waals surface area contributed by atoms with Gasteiger partial charge in [0.1, 0.15) is 18.3 Å². The minimum absolute atomic E-state index is 0.0154. The molecule has 0 aliphatic heterocycles. The molecule has 0 aromatic heterocycles. The van der Waals surface area contributed by atoms with Crippen molar-refractivity contribution in [3.63, 3.8) is 0 Å². The van der Waals surface area contributed by atoms with Gasteiger partial charge in [-0.05, 0) is 68.3 Å². The van der Waals surface area contributed by atoms with Crippen molar-refractivity contribution in [3.8, 4) is 5.75 Å². The summed E-state index contributed by atoms with van der Waals surface area (Å²) < 4.78 is 33.9. The number of nitrogens with one attached hydrogen (secondary N) is 1. The fraction of sp³-hybridized carbons (Fsp3) is 0.310. The molecule has 1 N–H and O–H groups in total. The van der Waals surface area contributed by atoms with Crippen LogP contribution in [0.3, 0.4) is 0 Å². The van der Waals surface area contributed by atoms with Crippen LogP contribution in [0.1, 0.15) is 32.8 Å². The molecule has 0 aliphatic carbocycles. The van der Waals surface area contributed by atoms with E-state index < -0.39 is 28.5 Å². The van der Waals surface area contributed by atoms with Crippen molar-refractivity contribution in [1.82, 2.24) is 10.2 Å². The monoisotopic (exact) mass is 639 g/mol. The number of amides is 2. The number of halogens is 3. The molecular formula is C29H32Cl3N3O5S. The van der Waals surface area contributed by atoms with Crippen molar-refractivity contribution in [2.24, 2.45) is 0 Å². The molecule has 2 amide bonds. The minimum Gasteiger partial charge on any atom is -0.495 e. The molecule has 0 unspecified atom stereocenters.